The Hall–Kier alpha value is -1.10. The van der Waals surface area contributed by atoms with Crippen LogP contribution in [0.2, 0.25) is 0 Å². The first-order valence-electron chi connectivity index (χ1n) is 7.25. The normalized spacial score (nSPS) is 29.7. The first-order valence-corrected chi connectivity index (χ1v) is 7.66. The van der Waals surface area contributed by atoms with E-state index in [4.69, 9.17) is 12.2 Å². The monoisotopic (exact) mass is 276 g/mol. The number of fused-ring (bicyclic) bond motifs is 3. The lowest BCUT2D eigenvalue weighted by atomic mass is 9.89. The van der Waals surface area contributed by atoms with Gasteiger partial charge in [0.15, 0.2) is 10.4 Å². The molecule has 0 aliphatic heterocycles. The minimum Gasteiger partial charge on any atom is -0.328 e. The SMILES string of the molecule is Cc1nn(C)c2c1[nH]c(=S)n2CC1CC2CCC1C2. The minimum atomic E-state index is 0.819. The molecule has 2 aliphatic rings. The number of rotatable bonds is 2. The van der Waals surface area contributed by atoms with Crippen molar-refractivity contribution in [2.75, 3.05) is 0 Å². The number of aromatic amines is 1. The Labute approximate surface area is 117 Å². The maximum atomic E-state index is 5.51. The Bertz CT molecular complexity index is 692. The Kier molecular flexibility index (Phi) is 2.43. The molecule has 102 valence electrons. The van der Waals surface area contributed by atoms with E-state index in [2.05, 4.69) is 14.6 Å². The summed E-state index contributed by atoms with van der Waals surface area (Å²) in [5.74, 6) is 2.75. The van der Waals surface area contributed by atoms with Gasteiger partial charge in [-0.2, -0.15) is 5.10 Å². The molecular weight excluding hydrogens is 256 g/mol. The van der Waals surface area contributed by atoms with Crippen molar-refractivity contribution < 1.29 is 0 Å². The van der Waals surface area contributed by atoms with Crippen molar-refractivity contribution in [2.45, 2.75) is 39.2 Å². The summed E-state index contributed by atoms with van der Waals surface area (Å²) in [6.45, 7) is 3.11. The van der Waals surface area contributed by atoms with Crippen LogP contribution in [0.4, 0.5) is 0 Å². The molecule has 3 atom stereocenters. The summed E-state index contributed by atoms with van der Waals surface area (Å²) in [6.07, 6.45) is 5.74. The molecule has 3 unspecified atom stereocenters. The second kappa shape index (κ2) is 3.95. The highest BCUT2D eigenvalue weighted by Crippen LogP contribution is 2.49. The van der Waals surface area contributed by atoms with Crippen LogP contribution in [0, 0.1) is 29.4 Å². The van der Waals surface area contributed by atoms with Gasteiger partial charge in [-0.15, -0.1) is 0 Å². The molecule has 2 saturated carbocycles. The summed E-state index contributed by atoms with van der Waals surface area (Å²) in [7, 11) is 2.01. The molecule has 19 heavy (non-hydrogen) atoms. The summed E-state index contributed by atoms with van der Waals surface area (Å²) >= 11 is 5.51. The molecule has 2 bridgehead atoms. The van der Waals surface area contributed by atoms with Crippen LogP contribution in [-0.4, -0.2) is 19.3 Å². The van der Waals surface area contributed by atoms with Gasteiger partial charge in [-0.25, -0.2) is 0 Å². The zero-order valence-corrected chi connectivity index (χ0v) is 12.3. The Morgan fingerprint density at radius 3 is 2.89 bits per heavy atom. The number of aryl methyl sites for hydroxylation is 2. The second-order valence-corrected chi connectivity index (χ2v) is 6.77. The van der Waals surface area contributed by atoms with E-state index in [1.165, 1.54) is 25.7 Å². The molecule has 4 rings (SSSR count). The third-order valence-corrected chi connectivity index (χ3v) is 5.55. The predicted octanol–water partition coefficient (Wildman–Crippen LogP) is 3.18. The largest absolute Gasteiger partial charge is 0.328 e. The molecule has 0 spiro atoms. The van der Waals surface area contributed by atoms with Crippen molar-refractivity contribution >= 4 is 23.4 Å². The average Bonchev–Trinajstić information content (AvgIpc) is 3.08. The fraction of sp³-hybridized carbons (Fsp3) is 0.714. The van der Waals surface area contributed by atoms with Crippen molar-refractivity contribution in [1.82, 2.24) is 19.3 Å². The second-order valence-electron chi connectivity index (χ2n) is 6.38. The molecule has 2 fully saturated rings. The summed E-state index contributed by atoms with van der Waals surface area (Å²) in [5.41, 5.74) is 3.30. The van der Waals surface area contributed by atoms with E-state index < -0.39 is 0 Å². The van der Waals surface area contributed by atoms with E-state index in [1.807, 2.05) is 18.7 Å². The Morgan fingerprint density at radius 2 is 2.21 bits per heavy atom. The lowest BCUT2D eigenvalue weighted by Gasteiger charge is -2.22. The number of aromatic nitrogens is 4. The highest BCUT2D eigenvalue weighted by molar-refractivity contribution is 7.71. The molecule has 1 N–H and O–H groups in total. The van der Waals surface area contributed by atoms with Crippen molar-refractivity contribution in [1.29, 1.82) is 0 Å². The third-order valence-electron chi connectivity index (χ3n) is 5.23. The van der Waals surface area contributed by atoms with Crippen LogP contribution in [0.5, 0.6) is 0 Å². The van der Waals surface area contributed by atoms with Crippen LogP contribution in [0.1, 0.15) is 31.4 Å². The van der Waals surface area contributed by atoms with Crippen molar-refractivity contribution in [2.24, 2.45) is 24.8 Å². The van der Waals surface area contributed by atoms with Gasteiger partial charge in [0.05, 0.1) is 5.69 Å². The molecule has 0 radical (unpaired) electrons. The zero-order chi connectivity index (χ0) is 13.1. The smallest absolute Gasteiger partial charge is 0.179 e. The van der Waals surface area contributed by atoms with Crippen LogP contribution >= 0.6 is 12.2 Å². The van der Waals surface area contributed by atoms with Gasteiger partial charge in [0.2, 0.25) is 0 Å². The number of nitrogens with zero attached hydrogens (tertiary/aromatic N) is 3. The summed E-state index contributed by atoms with van der Waals surface area (Å²) < 4.78 is 5.09. The van der Waals surface area contributed by atoms with Crippen molar-refractivity contribution in [3.05, 3.63) is 10.5 Å². The van der Waals surface area contributed by atoms with Gasteiger partial charge in [0, 0.05) is 13.6 Å². The molecule has 5 heteroatoms. The van der Waals surface area contributed by atoms with Gasteiger partial charge in [-0.05, 0) is 56.2 Å². The number of hydrogen-bond acceptors (Lipinski definition) is 2. The molecule has 2 aliphatic carbocycles. The molecule has 0 amide bonds. The zero-order valence-electron chi connectivity index (χ0n) is 11.5. The lowest BCUT2D eigenvalue weighted by molar-refractivity contribution is 0.296. The number of hydrogen-bond donors (Lipinski definition) is 1. The first-order chi connectivity index (χ1) is 9.13. The van der Waals surface area contributed by atoms with Crippen LogP contribution in [0.15, 0.2) is 0 Å². The van der Waals surface area contributed by atoms with E-state index >= 15 is 0 Å². The van der Waals surface area contributed by atoms with E-state index in [0.717, 1.165) is 45.9 Å². The van der Waals surface area contributed by atoms with Crippen LogP contribution in [0.3, 0.4) is 0 Å². The summed E-state index contributed by atoms with van der Waals surface area (Å²) in [4.78, 5) is 3.33. The van der Waals surface area contributed by atoms with Gasteiger partial charge in [-0.3, -0.25) is 4.68 Å². The number of nitrogens with one attached hydrogen (secondary N) is 1. The molecule has 2 heterocycles. The number of H-pyrrole nitrogens is 1. The lowest BCUT2D eigenvalue weighted by Crippen LogP contribution is -2.18. The fourth-order valence-electron chi connectivity index (χ4n) is 4.38. The van der Waals surface area contributed by atoms with Gasteiger partial charge in [0.25, 0.3) is 0 Å². The van der Waals surface area contributed by atoms with Crippen LogP contribution < -0.4 is 0 Å². The van der Waals surface area contributed by atoms with E-state index in [1.54, 1.807) is 0 Å². The highest BCUT2D eigenvalue weighted by atomic mass is 32.1. The van der Waals surface area contributed by atoms with Crippen molar-refractivity contribution in [3.8, 4) is 0 Å². The van der Waals surface area contributed by atoms with E-state index in [0.29, 0.717) is 0 Å². The molecule has 0 aromatic carbocycles. The van der Waals surface area contributed by atoms with Gasteiger partial charge < -0.3 is 9.55 Å². The molecule has 0 saturated heterocycles. The predicted molar refractivity (Wildman–Crippen MR) is 77.6 cm³/mol. The maximum Gasteiger partial charge on any atom is 0.179 e. The van der Waals surface area contributed by atoms with E-state index in [9.17, 15) is 0 Å². The molecule has 2 aromatic rings. The van der Waals surface area contributed by atoms with Gasteiger partial charge >= 0.3 is 0 Å². The van der Waals surface area contributed by atoms with Crippen LogP contribution in [0.25, 0.3) is 11.2 Å². The molecular formula is C14H20N4S. The maximum absolute atomic E-state index is 5.51. The van der Waals surface area contributed by atoms with Crippen molar-refractivity contribution in [3.63, 3.8) is 0 Å². The number of imidazole rings is 1. The van der Waals surface area contributed by atoms with Gasteiger partial charge in [0.1, 0.15) is 5.52 Å². The topological polar surface area (TPSA) is 38.5 Å². The minimum absolute atomic E-state index is 0.819. The average molecular weight is 276 g/mol. The summed E-state index contributed by atoms with van der Waals surface area (Å²) in [6, 6.07) is 0. The molecule has 4 nitrogen and oxygen atoms in total. The van der Waals surface area contributed by atoms with Gasteiger partial charge in [-0.1, -0.05) is 6.42 Å². The highest BCUT2D eigenvalue weighted by Gasteiger charge is 2.39. The Morgan fingerprint density at radius 1 is 1.37 bits per heavy atom. The first kappa shape index (κ1) is 11.7. The summed E-state index contributed by atoms with van der Waals surface area (Å²) in [5, 5.41) is 4.49. The van der Waals surface area contributed by atoms with E-state index in [-0.39, 0.29) is 0 Å². The molecule has 2 aromatic heterocycles. The quantitative estimate of drug-likeness (QED) is 0.856. The third kappa shape index (κ3) is 1.64. The fourth-order valence-corrected chi connectivity index (χ4v) is 4.64. The van der Waals surface area contributed by atoms with Crippen LogP contribution in [-0.2, 0) is 13.6 Å². The standard InChI is InChI=1S/C14H20N4S/c1-8-12-13(17(2)16-8)18(14(19)15-12)7-11-6-9-3-4-10(11)5-9/h9-11H,3-7H2,1-2H3,(H,15,19). The Balaban J connectivity index is 1.75.